The fraction of sp³-hybridized carbons (Fsp3) is 0.921. The summed E-state index contributed by atoms with van der Waals surface area (Å²) >= 11 is 0. The van der Waals surface area contributed by atoms with Gasteiger partial charge in [-0.2, -0.15) is 0 Å². The third-order valence-electron chi connectivity index (χ3n) is 8.75. The van der Waals surface area contributed by atoms with Crippen molar-refractivity contribution in [2.75, 3.05) is 6.61 Å². The zero-order chi connectivity index (χ0) is 32.4. The van der Waals surface area contributed by atoms with Gasteiger partial charge in [-0.3, -0.25) is 9.59 Å². The number of aliphatic carboxylic acids is 1. The van der Waals surface area contributed by atoms with Gasteiger partial charge in [-0.1, -0.05) is 187 Å². The van der Waals surface area contributed by atoms with Crippen LogP contribution < -0.4 is 5.32 Å². The minimum atomic E-state index is -1.12. The molecule has 6 heteroatoms. The Hall–Kier alpha value is -1.59. The van der Waals surface area contributed by atoms with Crippen LogP contribution in [0.3, 0.4) is 0 Å². The molecule has 260 valence electrons. The van der Waals surface area contributed by atoms with E-state index in [1.807, 2.05) is 0 Å². The van der Waals surface area contributed by atoms with Gasteiger partial charge in [-0.15, -0.1) is 0 Å². The van der Waals surface area contributed by atoms with Gasteiger partial charge in [-0.05, 0) is 12.8 Å². The molecule has 0 unspecified atom stereocenters. The lowest BCUT2D eigenvalue weighted by atomic mass is 10.0. The van der Waals surface area contributed by atoms with Crippen LogP contribution in [0, 0.1) is 0 Å². The average molecular weight is 624 g/mol. The maximum Gasteiger partial charge on any atom is 0.329 e. The van der Waals surface area contributed by atoms with Gasteiger partial charge in [0, 0.05) is 6.42 Å². The lowest BCUT2D eigenvalue weighted by Gasteiger charge is -2.16. The first-order valence-corrected chi connectivity index (χ1v) is 19.2. The molecule has 0 aliphatic rings. The number of rotatable bonds is 35. The van der Waals surface area contributed by atoms with Gasteiger partial charge in [0.05, 0.1) is 13.0 Å². The third kappa shape index (κ3) is 31.8. The van der Waals surface area contributed by atoms with Crippen LogP contribution in [-0.4, -0.2) is 35.6 Å². The predicted octanol–water partition coefficient (Wildman–Crippen LogP) is 11.2. The van der Waals surface area contributed by atoms with Crippen molar-refractivity contribution in [3.63, 3.8) is 0 Å². The fourth-order valence-electron chi connectivity index (χ4n) is 5.86. The number of nitrogens with one attached hydrogen (secondary N) is 1. The van der Waals surface area contributed by atoms with Gasteiger partial charge in [0.15, 0.2) is 0 Å². The van der Waals surface area contributed by atoms with Gasteiger partial charge in [0.2, 0.25) is 5.91 Å². The monoisotopic (exact) mass is 624 g/mol. The highest BCUT2D eigenvalue weighted by Gasteiger charge is 2.25. The van der Waals surface area contributed by atoms with Crippen LogP contribution in [-0.2, 0) is 19.1 Å². The van der Waals surface area contributed by atoms with Crippen LogP contribution in [0.25, 0.3) is 0 Å². The predicted molar refractivity (Wildman–Crippen MR) is 185 cm³/mol. The second-order valence-corrected chi connectivity index (χ2v) is 13.2. The lowest BCUT2D eigenvalue weighted by molar-refractivity contribution is -0.151. The molecular weight excluding hydrogens is 550 g/mol. The normalized spacial score (nSPS) is 11.9. The summed E-state index contributed by atoms with van der Waals surface area (Å²) in [4.78, 5) is 36.0. The van der Waals surface area contributed by atoms with E-state index < -0.39 is 24.4 Å². The van der Waals surface area contributed by atoms with Crippen molar-refractivity contribution in [1.29, 1.82) is 0 Å². The summed E-state index contributed by atoms with van der Waals surface area (Å²) in [6.45, 7) is 4.79. The zero-order valence-electron chi connectivity index (χ0n) is 29.3. The summed E-state index contributed by atoms with van der Waals surface area (Å²) in [5.41, 5.74) is 0. The zero-order valence-corrected chi connectivity index (χ0v) is 29.3. The SMILES string of the molecule is CCCCCCCCCCCCCCCCCCCCOC(=O)[C@H](CC(=O)O)NC(=O)CCCCCCCCCCCCC. The molecule has 0 spiro atoms. The van der Waals surface area contributed by atoms with Gasteiger partial charge in [-0.25, -0.2) is 4.79 Å². The molecule has 0 rings (SSSR count). The molecule has 6 nitrogen and oxygen atoms in total. The lowest BCUT2D eigenvalue weighted by Crippen LogP contribution is -2.43. The number of esters is 1. The molecule has 44 heavy (non-hydrogen) atoms. The average Bonchev–Trinajstić information content (AvgIpc) is 3.00. The Labute approximate surface area is 272 Å². The molecular formula is C38H73NO5. The van der Waals surface area contributed by atoms with E-state index >= 15 is 0 Å². The Morgan fingerprint density at radius 3 is 1.16 bits per heavy atom. The fourth-order valence-corrected chi connectivity index (χ4v) is 5.86. The molecule has 0 saturated carbocycles. The van der Waals surface area contributed by atoms with Gasteiger partial charge in [0.1, 0.15) is 6.04 Å². The maximum absolute atomic E-state index is 12.5. The second-order valence-electron chi connectivity index (χ2n) is 13.2. The Morgan fingerprint density at radius 2 is 0.818 bits per heavy atom. The number of carbonyl (C=O) groups is 3. The van der Waals surface area contributed by atoms with E-state index in [0.717, 1.165) is 38.5 Å². The van der Waals surface area contributed by atoms with E-state index in [1.165, 1.54) is 148 Å². The Kier molecular flexibility index (Phi) is 33.0. The molecule has 0 bridgehead atoms. The highest BCUT2D eigenvalue weighted by molar-refractivity contribution is 5.87. The molecule has 0 fully saturated rings. The van der Waals surface area contributed by atoms with E-state index in [2.05, 4.69) is 19.2 Å². The van der Waals surface area contributed by atoms with Crippen LogP contribution in [0.4, 0.5) is 0 Å². The van der Waals surface area contributed by atoms with Crippen molar-refractivity contribution in [2.24, 2.45) is 0 Å². The molecule has 1 amide bonds. The van der Waals surface area contributed by atoms with Crippen molar-refractivity contribution in [1.82, 2.24) is 5.32 Å². The topological polar surface area (TPSA) is 92.7 Å². The van der Waals surface area contributed by atoms with Crippen LogP contribution >= 0.6 is 0 Å². The van der Waals surface area contributed by atoms with Crippen molar-refractivity contribution in [2.45, 2.75) is 219 Å². The molecule has 2 N–H and O–H groups in total. The van der Waals surface area contributed by atoms with Crippen molar-refractivity contribution < 1.29 is 24.2 Å². The van der Waals surface area contributed by atoms with Crippen LogP contribution in [0.2, 0.25) is 0 Å². The summed E-state index contributed by atoms with van der Waals surface area (Å²) in [6, 6.07) is -1.11. The van der Waals surface area contributed by atoms with E-state index in [9.17, 15) is 19.5 Å². The van der Waals surface area contributed by atoms with E-state index in [4.69, 9.17) is 4.74 Å². The van der Waals surface area contributed by atoms with Crippen LogP contribution in [0.1, 0.15) is 213 Å². The molecule has 0 saturated heterocycles. The first-order valence-electron chi connectivity index (χ1n) is 19.2. The van der Waals surface area contributed by atoms with E-state index in [-0.39, 0.29) is 12.5 Å². The van der Waals surface area contributed by atoms with Gasteiger partial charge < -0.3 is 15.2 Å². The molecule has 0 aliphatic heterocycles. The number of carbonyl (C=O) groups excluding carboxylic acids is 2. The minimum Gasteiger partial charge on any atom is -0.481 e. The number of amides is 1. The smallest absolute Gasteiger partial charge is 0.329 e. The summed E-state index contributed by atoms with van der Waals surface area (Å²) in [6.07, 6.45) is 36.5. The van der Waals surface area contributed by atoms with E-state index in [0.29, 0.717) is 6.42 Å². The molecule has 0 aromatic heterocycles. The van der Waals surface area contributed by atoms with Crippen molar-refractivity contribution in [3.8, 4) is 0 Å². The Balaban J connectivity index is 3.70. The molecule has 0 radical (unpaired) electrons. The van der Waals surface area contributed by atoms with Crippen molar-refractivity contribution in [3.05, 3.63) is 0 Å². The molecule has 1 atom stereocenters. The minimum absolute atomic E-state index is 0.266. The number of unbranched alkanes of at least 4 members (excludes halogenated alkanes) is 27. The van der Waals surface area contributed by atoms with E-state index in [1.54, 1.807) is 0 Å². The number of hydrogen-bond donors (Lipinski definition) is 2. The highest BCUT2D eigenvalue weighted by atomic mass is 16.5. The first kappa shape index (κ1) is 42.4. The Bertz CT molecular complexity index is 653. The van der Waals surface area contributed by atoms with Crippen molar-refractivity contribution >= 4 is 17.8 Å². The quantitative estimate of drug-likeness (QED) is 0.0541. The summed E-state index contributed by atoms with van der Waals surface area (Å²) in [5, 5.41) is 11.8. The first-order chi connectivity index (χ1) is 21.5. The summed E-state index contributed by atoms with van der Waals surface area (Å²) in [7, 11) is 0. The highest BCUT2D eigenvalue weighted by Crippen LogP contribution is 2.15. The third-order valence-corrected chi connectivity index (χ3v) is 8.75. The molecule has 0 aliphatic carbocycles. The molecule has 0 aromatic rings. The maximum atomic E-state index is 12.5. The standard InChI is InChI=1S/C38H73NO5/c1-3-5-7-9-11-13-15-16-17-18-19-20-21-23-25-27-29-31-33-44-38(43)35(34-37(41)42)39-36(40)32-30-28-26-24-22-14-12-10-8-6-4-2/h35H,3-34H2,1-2H3,(H,39,40)(H,41,42)/t35-/m0/s1. The largest absolute Gasteiger partial charge is 0.481 e. The van der Waals surface area contributed by atoms with Crippen LogP contribution in [0.15, 0.2) is 0 Å². The summed E-state index contributed by atoms with van der Waals surface area (Å²) < 4.78 is 5.33. The number of carboxylic acids is 1. The van der Waals surface area contributed by atoms with Gasteiger partial charge in [0.25, 0.3) is 0 Å². The Morgan fingerprint density at radius 1 is 0.500 bits per heavy atom. The van der Waals surface area contributed by atoms with Gasteiger partial charge >= 0.3 is 11.9 Å². The van der Waals surface area contributed by atoms with Crippen LogP contribution in [0.5, 0.6) is 0 Å². The molecule has 0 aromatic carbocycles. The number of carboxylic acid groups (broad SMARTS) is 1. The number of hydrogen-bond acceptors (Lipinski definition) is 4. The summed E-state index contributed by atoms with van der Waals surface area (Å²) in [5.74, 6) is -2.01. The number of ether oxygens (including phenoxy) is 1. The molecule has 0 heterocycles. The second kappa shape index (κ2) is 34.3.